The summed E-state index contributed by atoms with van der Waals surface area (Å²) >= 11 is 0. The Bertz CT molecular complexity index is 814. The molecule has 0 aliphatic rings. The summed E-state index contributed by atoms with van der Waals surface area (Å²) in [6, 6.07) is 15.1. The lowest BCUT2D eigenvalue weighted by atomic mass is 10.2. The molecule has 3 aromatic rings. The minimum Gasteiger partial charge on any atom is -0.280 e. The van der Waals surface area contributed by atoms with Crippen LogP contribution in [0.5, 0.6) is 0 Å². The topological polar surface area (TPSA) is 64.2 Å². The molecule has 1 aromatic heterocycles. The van der Waals surface area contributed by atoms with Crippen molar-refractivity contribution < 1.29 is 4.92 Å². The van der Waals surface area contributed by atoms with Crippen molar-refractivity contribution in [1.29, 1.82) is 0 Å². The summed E-state index contributed by atoms with van der Waals surface area (Å²) in [4.78, 5) is 12.8. The number of nitro benzene ring substituents is 1. The lowest BCUT2D eigenvalue weighted by molar-refractivity contribution is -0.384. The second kappa shape index (κ2) is 6.58. The third kappa shape index (κ3) is 3.37. The highest BCUT2D eigenvalue weighted by atomic mass is 16.6. The van der Waals surface area contributed by atoms with Crippen LogP contribution in [0.15, 0.2) is 54.7 Å². The number of hydrogen-bond donors (Lipinski definition) is 0. The van der Waals surface area contributed by atoms with Gasteiger partial charge in [0.1, 0.15) is 0 Å². The molecule has 0 saturated heterocycles. The molecule has 0 bridgehead atoms. The van der Waals surface area contributed by atoms with Gasteiger partial charge in [0.05, 0.1) is 23.3 Å². The number of fused-ring (bicyclic) bond motifs is 1. The van der Waals surface area contributed by atoms with Crippen LogP contribution in [-0.2, 0) is 13.2 Å². The van der Waals surface area contributed by atoms with Gasteiger partial charge in [-0.25, -0.2) is 0 Å². The molecule has 0 amide bonds. The molecule has 1 heterocycles. The smallest absolute Gasteiger partial charge is 0.271 e. The maximum atomic E-state index is 11.0. The fourth-order valence-electron chi connectivity index (χ4n) is 2.58. The summed E-state index contributed by atoms with van der Waals surface area (Å²) in [7, 11) is 0. The van der Waals surface area contributed by atoms with Crippen LogP contribution in [0.1, 0.15) is 12.5 Å². The Hall–Kier alpha value is -2.73. The Balaban J connectivity index is 1.84. The average molecular weight is 310 g/mol. The lowest BCUT2D eigenvalue weighted by Gasteiger charge is -2.20. The van der Waals surface area contributed by atoms with E-state index in [2.05, 4.69) is 29.1 Å². The molecule has 0 radical (unpaired) electrons. The van der Waals surface area contributed by atoms with E-state index in [1.807, 2.05) is 22.9 Å². The quantitative estimate of drug-likeness (QED) is 0.517. The monoisotopic (exact) mass is 310 g/mol. The highest BCUT2D eigenvalue weighted by Crippen LogP contribution is 2.21. The fraction of sp³-hybridized carbons (Fsp3) is 0.235. The Morgan fingerprint density at radius 2 is 2.00 bits per heavy atom. The predicted molar refractivity (Wildman–Crippen MR) is 88.9 cm³/mol. The predicted octanol–water partition coefficient (Wildman–Crippen LogP) is 3.42. The van der Waals surface area contributed by atoms with E-state index in [9.17, 15) is 10.1 Å². The van der Waals surface area contributed by atoms with Crippen LogP contribution in [0, 0.1) is 10.1 Å². The van der Waals surface area contributed by atoms with Crippen LogP contribution in [0.4, 0.5) is 5.69 Å². The molecule has 0 saturated carbocycles. The molecule has 2 aromatic carbocycles. The van der Waals surface area contributed by atoms with Gasteiger partial charge in [0.15, 0.2) is 0 Å². The van der Waals surface area contributed by atoms with Crippen molar-refractivity contribution in [2.45, 2.75) is 20.1 Å². The van der Waals surface area contributed by atoms with Crippen LogP contribution >= 0.6 is 0 Å². The molecule has 3 rings (SSSR count). The van der Waals surface area contributed by atoms with Gasteiger partial charge in [0.25, 0.3) is 5.69 Å². The second-order valence-electron chi connectivity index (χ2n) is 5.42. The number of non-ortho nitro benzene ring substituents is 1. The van der Waals surface area contributed by atoms with E-state index in [1.54, 1.807) is 18.3 Å². The normalized spacial score (nSPS) is 11.2. The van der Waals surface area contributed by atoms with E-state index < -0.39 is 0 Å². The van der Waals surface area contributed by atoms with Gasteiger partial charge < -0.3 is 0 Å². The number of aromatic nitrogens is 2. The first kappa shape index (κ1) is 15.2. The molecule has 0 aliphatic heterocycles. The van der Waals surface area contributed by atoms with Crippen LogP contribution in [-0.4, -0.2) is 26.1 Å². The van der Waals surface area contributed by atoms with Gasteiger partial charge in [-0.1, -0.05) is 37.3 Å². The first-order valence-corrected chi connectivity index (χ1v) is 7.53. The van der Waals surface area contributed by atoms with E-state index in [0.29, 0.717) is 6.67 Å². The third-order valence-corrected chi connectivity index (χ3v) is 3.87. The van der Waals surface area contributed by atoms with Gasteiger partial charge in [-0.05, 0) is 18.2 Å². The number of nitro groups is 1. The van der Waals surface area contributed by atoms with E-state index in [4.69, 9.17) is 0 Å². The first-order valence-electron chi connectivity index (χ1n) is 7.53. The van der Waals surface area contributed by atoms with Crippen LogP contribution < -0.4 is 0 Å². The Kier molecular flexibility index (Phi) is 4.34. The highest BCUT2D eigenvalue weighted by Gasteiger charge is 2.12. The highest BCUT2D eigenvalue weighted by molar-refractivity contribution is 5.80. The minimum absolute atomic E-state index is 0.0883. The number of benzene rings is 2. The zero-order valence-electron chi connectivity index (χ0n) is 12.9. The molecule has 0 aliphatic carbocycles. The summed E-state index contributed by atoms with van der Waals surface area (Å²) in [5.41, 5.74) is 2.10. The van der Waals surface area contributed by atoms with Crippen molar-refractivity contribution in [2.24, 2.45) is 0 Å². The first-order chi connectivity index (χ1) is 11.2. The average Bonchev–Trinajstić information content (AvgIpc) is 2.97. The van der Waals surface area contributed by atoms with Crippen LogP contribution in [0.3, 0.4) is 0 Å². The summed E-state index contributed by atoms with van der Waals surface area (Å²) in [5, 5.41) is 16.2. The van der Waals surface area contributed by atoms with Crippen molar-refractivity contribution in [3.63, 3.8) is 0 Å². The van der Waals surface area contributed by atoms with Crippen LogP contribution in [0.25, 0.3) is 10.9 Å². The standard InChI is InChI=1S/C17H18N4O2/c1-2-19(12-14-6-4-3-5-7-14)13-20-17-10-16(21(22)23)9-8-15(17)11-18-20/h3-11H,2,12-13H2,1H3. The summed E-state index contributed by atoms with van der Waals surface area (Å²) in [5.74, 6) is 0. The number of hydrogen-bond acceptors (Lipinski definition) is 4. The van der Waals surface area contributed by atoms with Crippen LogP contribution in [0.2, 0.25) is 0 Å². The van der Waals surface area contributed by atoms with Gasteiger partial charge in [0.2, 0.25) is 0 Å². The summed E-state index contributed by atoms with van der Waals surface area (Å²) in [6.07, 6.45) is 1.75. The molecule has 118 valence electrons. The fourth-order valence-corrected chi connectivity index (χ4v) is 2.58. The SMILES string of the molecule is CCN(Cc1ccccc1)Cn1ncc2ccc([N+](=O)[O-])cc21. The van der Waals surface area contributed by atoms with Crippen molar-refractivity contribution >= 4 is 16.6 Å². The van der Waals surface area contributed by atoms with Gasteiger partial charge >= 0.3 is 0 Å². The van der Waals surface area contributed by atoms with Crippen molar-refractivity contribution in [3.8, 4) is 0 Å². The Labute approximate surface area is 134 Å². The number of rotatable bonds is 6. The number of nitrogens with zero attached hydrogens (tertiary/aromatic N) is 4. The molecule has 0 atom stereocenters. The van der Waals surface area contributed by atoms with Gasteiger partial charge in [-0.3, -0.25) is 19.7 Å². The minimum atomic E-state index is -0.377. The molecular formula is C17H18N4O2. The molecule has 0 spiro atoms. The summed E-state index contributed by atoms with van der Waals surface area (Å²) in [6.45, 7) is 4.37. The van der Waals surface area contributed by atoms with Crippen molar-refractivity contribution in [1.82, 2.24) is 14.7 Å². The second-order valence-corrected chi connectivity index (χ2v) is 5.42. The molecule has 23 heavy (non-hydrogen) atoms. The van der Waals surface area contributed by atoms with E-state index in [0.717, 1.165) is 24.0 Å². The van der Waals surface area contributed by atoms with E-state index in [-0.39, 0.29) is 10.6 Å². The van der Waals surface area contributed by atoms with Gasteiger partial charge in [0, 0.05) is 24.1 Å². The zero-order valence-corrected chi connectivity index (χ0v) is 12.9. The van der Waals surface area contributed by atoms with E-state index in [1.165, 1.54) is 11.6 Å². The lowest BCUT2D eigenvalue weighted by Crippen LogP contribution is -2.26. The maximum Gasteiger partial charge on any atom is 0.271 e. The third-order valence-electron chi connectivity index (χ3n) is 3.87. The molecular weight excluding hydrogens is 292 g/mol. The van der Waals surface area contributed by atoms with Gasteiger partial charge in [-0.2, -0.15) is 5.10 Å². The Morgan fingerprint density at radius 1 is 1.22 bits per heavy atom. The molecule has 6 nitrogen and oxygen atoms in total. The molecule has 0 N–H and O–H groups in total. The summed E-state index contributed by atoms with van der Waals surface area (Å²) < 4.78 is 1.81. The zero-order chi connectivity index (χ0) is 16.2. The Morgan fingerprint density at radius 3 is 2.70 bits per heavy atom. The molecule has 6 heteroatoms. The van der Waals surface area contributed by atoms with Crippen molar-refractivity contribution in [2.75, 3.05) is 6.54 Å². The van der Waals surface area contributed by atoms with Crippen molar-refractivity contribution in [3.05, 3.63) is 70.4 Å². The van der Waals surface area contributed by atoms with E-state index >= 15 is 0 Å². The molecule has 0 fully saturated rings. The largest absolute Gasteiger partial charge is 0.280 e. The molecule has 0 unspecified atom stereocenters. The maximum absolute atomic E-state index is 11.0. The van der Waals surface area contributed by atoms with Gasteiger partial charge in [-0.15, -0.1) is 0 Å².